The summed E-state index contributed by atoms with van der Waals surface area (Å²) >= 11 is 0. The Morgan fingerprint density at radius 3 is 2.11 bits per heavy atom. The smallest absolute Gasteiger partial charge is 0.336 e. The third kappa shape index (κ3) is 13.8. The lowest BCUT2D eigenvalue weighted by atomic mass is 9.97. The molecule has 0 aromatic rings. The van der Waals surface area contributed by atoms with E-state index in [1.165, 1.54) is 25.7 Å². The number of esters is 1. The Balaban J connectivity index is 4.60. The van der Waals surface area contributed by atoms with Crippen molar-refractivity contribution in [3.05, 3.63) is 11.6 Å². The minimum absolute atomic E-state index is 0.0489. The van der Waals surface area contributed by atoms with Gasteiger partial charge in [-0.25, -0.2) is 4.79 Å². The number of allylic oxidation sites excluding steroid dienone is 1. The Morgan fingerprint density at radius 2 is 1.48 bits per heavy atom. The van der Waals surface area contributed by atoms with Crippen LogP contribution in [-0.2, 0) is 9.53 Å². The van der Waals surface area contributed by atoms with E-state index in [9.17, 15) is 15.0 Å². The number of carbonyl (C=O) groups excluding carboxylic acids is 1. The van der Waals surface area contributed by atoms with Gasteiger partial charge in [-0.1, -0.05) is 77.7 Å². The van der Waals surface area contributed by atoms with E-state index < -0.39 is 18.2 Å². The van der Waals surface area contributed by atoms with E-state index in [-0.39, 0.29) is 18.8 Å². The molecule has 27 heavy (non-hydrogen) atoms. The van der Waals surface area contributed by atoms with Gasteiger partial charge in [0.15, 0.2) is 0 Å². The Bertz CT molecular complexity index is 381. The zero-order valence-electron chi connectivity index (χ0n) is 17.5. The largest absolute Gasteiger partial charge is 0.462 e. The predicted octanol–water partition coefficient (Wildman–Crippen LogP) is 4.28. The molecule has 0 heterocycles. The first-order valence-electron chi connectivity index (χ1n) is 10.9. The number of aliphatic hydroxyl groups is 3. The van der Waals surface area contributed by atoms with Crippen molar-refractivity contribution in [1.82, 2.24) is 0 Å². The predicted molar refractivity (Wildman–Crippen MR) is 110 cm³/mol. The maximum atomic E-state index is 12.3. The second-order valence-corrected chi connectivity index (χ2v) is 7.29. The van der Waals surface area contributed by atoms with Crippen molar-refractivity contribution in [1.29, 1.82) is 0 Å². The molecule has 0 bridgehead atoms. The standard InChI is InChI=1S/C22H42O5/c1-3-5-7-9-10-11-12-15-19(22(26)27-18-14-17-23)21(25)20(24)16-13-8-6-4-2/h15,20-21,23-25H,3-14,16-18H2,1-2H3/b19-15-. The molecule has 2 atom stereocenters. The van der Waals surface area contributed by atoms with Gasteiger partial charge >= 0.3 is 5.97 Å². The van der Waals surface area contributed by atoms with Crippen LogP contribution in [0.4, 0.5) is 0 Å². The van der Waals surface area contributed by atoms with E-state index in [0.717, 1.165) is 38.5 Å². The molecule has 0 aromatic carbocycles. The van der Waals surface area contributed by atoms with Gasteiger partial charge in [0.25, 0.3) is 0 Å². The van der Waals surface area contributed by atoms with Crippen molar-refractivity contribution in [2.24, 2.45) is 0 Å². The maximum absolute atomic E-state index is 12.3. The van der Waals surface area contributed by atoms with Crippen LogP contribution in [0.25, 0.3) is 0 Å². The van der Waals surface area contributed by atoms with Gasteiger partial charge in [-0.2, -0.15) is 0 Å². The fourth-order valence-electron chi connectivity index (χ4n) is 2.97. The first-order valence-corrected chi connectivity index (χ1v) is 10.9. The molecule has 0 fully saturated rings. The molecule has 3 N–H and O–H groups in total. The summed E-state index contributed by atoms with van der Waals surface area (Å²) in [5.41, 5.74) is 0.157. The SMILES string of the molecule is CCCCCCCC/C=C(\C(=O)OCCCO)C(O)C(O)CCCCCC. The third-order valence-electron chi connectivity index (χ3n) is 4.73. The number of hydrogen-bond acceptors (Lipinski definition) is 5. The number of ether oxygens (including phenoxy) is 1. The highest BCUT2D eigenvalue weighted by Crippen LogP contribution is 2.17. The topological polar surface area (TPSA) is 87.0 Å². The van der Waals surface area contributed by atoms with E-state index in [4.69, 9.17) is 9.84 Å². The van der Waals surface area contributed by atoms with Gasteiger partial charge in [-0.15, -0.1) is 0 Å². The van der Waals surface area contributed by atoms with Gasteiger partial charge in [0.1, 0.15) is 6.10 Å². The fourth-order valence-corrected chi connectivity index (χ4v) is 2.97. The second kappa shape index (κ2) is 18.5. The van der Waals surface area contributed by atoms with Crippen LogP contribution in [0.15, 0.2) is 11.6 Å². The fraction of sp³-hybridized carbons (Fsp3) is 0.864. The summed E-state index contributed by atoms with van der Waals surface area (Å²) in [6, 6.07) is 0. The second-order valence-electron chi connectivity index (χ2n) is 7.29. The van der Waals surface area contributed by atoms with Gasteiger partial charge in [0.05, 0.1) is 18.3 Å². The Morgan fingerprint density at radius 1 is 0.889 bits per heavy atom. The zero-order valence-corrected chi connectivity index (χ0v) is 17.5. The van der Waals surface area contributed by atoms with E-state index >= 15 is 0 Å². The summed E-state index contributed by atoms with van der Waals surface area (Å²) in [7, 11) is 0. The first kappa shape index (κ1) is 26.1. The molecule has 0 aliphatic carbocycles. The molecule has 0 aliphatic heterocycles. The number of hydrogen-bond donors (Lipinski definition) is 3. The molecule has 0 radical (unpaired) electrons. The van der Waals surface area contributed by atoms with Crippen molar-refractivity contribution in [3.8, 4) is 0 Å². The molecule has 5 nitrogen and oxygen atoms in total. The van der Waals surface area contributed by atoms with E-state index in [0.29, 0.717) is 19.3 Å². The molecule has 5 heteroatoms. The normalized spacial score (nSPS) is 14.2. The van der Waals surface area contributed by atoms with Crippen LogP contribution in [0.2, 0.25) is 0 Å². The summed E-state index contributed by atoms with van der Waals surface area (Å²) in [5.74, 6) is -0.588. The molecule has 0 saturated heterocycles. The molecule has 0 saturated carbocycles. The summed E-state index contributed by atoms with van der Waals surface area (Å²) in [6.45, 7) is 4.37. The summed E-state index contributed by atoms with van der Waals surface area (Å²) in [5, 5.41) is 29.6. The van der Waals surface area contributed by atoms with Crippen LogP contribution < -0.4 is 0 Å². The molecule has 0 rings (SSSR count). The monoisotopic (exact) mass is 386 g/mol. The molecule has 0 spiro atoms. The highest BCUT2D eigenvalue weighted by atomic mass is 16.5. The summed E-state index contributed by atoms with van der Waals surface area (Å²) in [4.78, 5) is 12.3. The number of aliphatic hydroxyl groups excluding tert-OH is 3. The number of unbranched alkanes of at least 4 members (excludes halogenated alkanes) is 9. The lowest BCUT2D eigenvalue weighted by molar-refractivity contribution is -0.141. The van der Waals surface area contributed by atoms with Crippen LogP contribution in [0.3, 0.4) is 0 Å². The van der Waals surface area contributed by atoms with Crippen LogP contribution in [-0.4, -0.2) is 46.7 Å². The Labute approximate surface area is 165 Å². The molecule has 160 valence electrons. The van der Waals surface area contributed by atoms with Crippen LogP contribution >= 0.6 is 0 Å². The van der Waals surface area contributed by atoms with Gasteiger partial charge in [-0.3, -0.25) is 0 Å². The lowest BCUT2D eigenvalue weighted by Gasteiger charge is -2.20. The zero-order chi connectivity index (χ0) is 20.3. The van der Waals surface area contributed by atoms with Crippen LogP contribution in [0, 0.1) is 0 Å². The highest BCUT2D eigenvalue weighted by molar-refractivity contribution is 5.89. The minimum Gasteiger partial charge on any atom is -0.462 e. The lowest BCUT2D eigenvalue weighted by Crippen LogP contribution is -2.32. The van der Waals surface area contributed by atoms with E-state index in [1.54, 1.807) is 6.08 Å². The average molecular weight is 387 g/mol. The number of rotatable bonds is 18. The van der Waals surface area contributed by atoms with E-state index in [1.807, 2.05) is 0 Å². The van der Waals surface area contributed by atoms with Crippen molar-refractivity contribution >= 4 is 5.97 Å². The molecule has 2 unspecified atom stereocenters. The molecular weight excluding hydrogens is 344 g/mol. The first-order chi connectivity index (χ1) is 13.1. The van der Waals surface area contributed by atoms with E-state index in [2.05, 4.69) is 13.8 Å². The van der Waals surface area contributed by atoms with Gasteiger partial charge in [-0.05, 0) is 19.3 Å². The van der Waals surface area contributed by atoms with Crippen molar-refractivity contribution < 1.29 is 24.9 Å². The summed E-state index contributed by atoms with van der Waals surface area (Å²) < 4.78 is 5.13. The van der Waals surface area contributed by atoms with Crippen molar-refractivity contribution in [2.75, 3.05) is 13.2 Å². The quantitative estimate of drug-likeness (QED) is 0.186. The highest BCUT2D eigenvalue weighted by Gasteiger charge is 2.26. The van der Waals surface area contributed by atoms with Gasteiger partial charge < -0.3 is 20.1 Å². The molecular formula is C22H42O5. The number of carbonyl (C=O) groups is 1. The summed E-state index contributed by atoms with van der Waals surface area (Å²) in [6.07, 6.45) is 12.1. The van der Waals surface area contributed by atoms with Crippen molar-refractivity contribution in [2.45, 2.75) is 110 Å². The van der Waals surface area contributed by atoms with Crippen LogP contribution in [0.5, 0.6) is 0 Å². The van der Waals surface area contributed by atoms with Gasteiger partial charge in [0.2, 0.25) is 0 Å². The van der Waals surface area contributed by atoms with Crippen molar-refractivity contribution in [3.63, 3.8) is 0 Å². The average Bonchev–Trinajstić information content (AvgIpc) is 2.67. The maximum Gasteiger partial charge on any atom is 0.336 e. The third-order valence-corrected chi connectivity index (χ3v) is 4.73. The Hall–Kier alpha value is -0.910. The molecule has 0 aliphatic rings. The van der Waals surface area contributed by atoms with Crippen LogP contribution in [0.1, 0.15) is 97.3 Å². The minimum atomic E-state index is -1.21. The van der Waals surface area contributed by atoms with Gasteiger partial charge in [0, 0.05) is 13.0 Å². The Kier molecular flexibility index (Phi) is 17.8. The molecule has 0 aromatic heterocycles. The molecule has 0 amide bonds.